The Hall–Kier alpha value is -1.52. The van der Waals surface area contributed by atoms with Gasteiger partial charge in [0.25, 0.3) is 0 Å². The minimum absolute atomic E-state index is 0.256. The maximum Gasteiger partial charge on any atom is 0.303 e. The Labute approximate surface area is 115 Å². The monoisotopic (exact) mass is 267 g/mol. The van der Waals surface area contributed by atoms with E-state index >= 15 is 0 Å². The van der Waals surface area contributed by atoms with Gasteiger partial charge in [-0.1, -0.05) is 13.8 Å². The summed E-state index contributed by atoms with van der Waals surface area (Å²) in [5, 5.41) is 12.1. The van der Waals surface area contributed by atoms with Crippen LogP contribution in [0.1, 0.15) is 40.0 Å². The Morgan fingerprint density at radius 2 is 2.21 bits per heavy atom. The second-order valence-corrected chi connectivity index (χ2v) is 5.19. The van der Waals surface area contributed by atoms with Gasteiger partial charge in [-0.3, -0.25) is 4.79 Å². The van der Waals surface area contributed by atoms with E-state index < -0.39 is 5.97 Å². The van der Waals surface area contributed by atoms with Gasteiger partial charge in [0.2, 0.25) is 5.95 Å². The van der Waals surface area contributed by atoms with Crippen LogP contribution in [-0.4, -0.2) is 27.2 Å². The number of hydrogen-bond acceptors (Lipinski definition) is 3. The molecule has 0 radical (unpaired) electrons. The molecule has 108 valence electrons. The molecule has 19 heavy (non-hydrogen) atoms. The number of nitrogens with one attached hydrogen (secondary N) is 1. The molecular weight excluding hydrogens is 242 g/mol. The van der Waals surface area contributed by atoms with Crippen LogP contribution in [0.3, 0.4) is 0 Å². The summed E-state index contributed by atoms with van der Waals surface area (Å²) in [6.45, 7) is 8.12. The lowest BCUT2D eigenvalue weighted by Gasteiger charge is -2.20. The number of imidazole rings is 1. The topological polar surface area (TPSA) is 67.2 Å². The van der Waals surface area contributed by atoms with Crippen LogP contribution in [0.25, 0.3) is 0 Å². The lowest BCUT2D eigenvalue weighted by atomic mass is 9.88. The number of carbonyl (C=O) groups is 1. The third kappa shape index (κ3) is 5.32. The highest BCUT2D eigenvalue weighted by molar-refractivity contribution is 5.66. The van der Waals surface area contributed by atoms with Gasteiger partial charge in [-0.25, -0.2) is 4.98 Å². The number of rotatable bonds is 9. The zero-order chi connectivity index (χ0) is 14.3. The van der Waals surface area contributed by atoms with Crippen molar-refractivity contribution in [3.8, 4) is 0 Å². The van der Waals surface area contributed by atoms with Crippen LogP contribution in [0, 0.1) is 11.8 Å². The highest BCUT2D eigenvalue weighted by atomic mass is 16.4. The van der Waals surface area contributed by atoms with E-state index in [0.717, 1.165) is 31.9 Å². The van der Waals surface area contributed by atoms with Crippen molar-refractivity contribution in [3.63, 3.8) is 0 Å². The molecule has 1 atom stereocenters. The lowest BCUT2D eigenvalue weighted by Crippen LogP contribution is -2.17. The molecular formula is C14H25N3O2. The summed E-state index contributed by atoms with van der Waals surface area (Å²) in [6.07, 6.45) is 5.72. The van der Waals surface area contributed by atoms with E-state index in [1.54, 1.807) is 6.20 Å². The van der Waals surface area contributed by atoms with E-state index in [4.69, 9.17) is 5.11 Å². The number of aliphatic carboxylic acids is 1. The highest BCUT2D eigenvalue weighted by Crippen LogP contribution is 2.21. The largest absolute Gasteiger partial charge is 0.481 e. The Morgan fingerprint density at radius 1 is 1.47 bits per heavy atom. The molecule has 1 heterocycles. The number of aryl methyl sites for hydroxylation is 1. The second kappa shape index (κ2) is 7.81. The van der Waals surface area contributed by atoms with E-state index in [-0.39, 0.29) is 6.42 Å². The van der Waals surface area contributed by atoms with Gasteiger partial charge in [0.1, 0.15) is 0 Å². The molecule has 0 aliphatic carbocycles. The maximum absolute atomic E-state index is 10.6. The number of aromatic nitrogens is 2. The number of carboxylic acids is 1. The van der Waals surface area contributed by atoms with Crippen molar-refractivity contribution in [2.24, 2.45) is 11.8 Å². The minimum Gasteiger partial charge on any atom is -0.481 e. The first-order valence-corrected chi connectivity index (χ1v) is 7.01. The maximum atomic E-state index is 10.6. The molecule has 5 nitrogen and oxygen atoms in total. The molecule has 0 aliphatic rings. The summed E-state index contributed by atoms with van der Waals surface area (Å²) in [7, 11) is 0. The molecule has 0 spiro atoms. The van der Waals surface area contributed by atoms with Crippen LogP contribution >= 0.6 is 0 Å². The van der Waals surface area contributed by atoms with E-state index in [9.17, 15) is 4.79 Å². The summed E-state index contributed by atoms with van der Waals surface area (Å²) in [5.41, 5.74) is 0. The van der Waals surface area contributed by atoms with Crippen molar-refractivity contribution >= 4 is 11.9 Å². The molecule has 1 aromatic heterocycles. The van der Waals surface area contributed by atoms with Crippen molar-refractivity contribution in [1.29, 1.82) is 0 Å². The molecule has 1 aromatic rings. The fourth-order valence-corrected chi connectivity index (χ4v) is 2.22. The second-order valence-electron chi connectivity index (χ2n) is 5.19. The van der Waals surface area contributed by atoms with Crippen LogP contribution in [0.4, 0.5) is 5.95 Å². The standard InChI is InChI=1S/C14H25N3O2/c1-4-17-10-9-16-14(17)15-8-7-12(11(2)3)5-6-13(18)19/h9-12H,4-8H2,1-3H3,(H,15,16)(H,18,19). The Bertz CT molecular complexity index is 388. The molecule has 0 aliphatic heterocycles. The van der Waals surface area contributed by atoms with Crippen molar-refractivity contribution < 1.29 is 9.90 Å². The van der Waals surface area contributed by atoms with E-state index in [1.165, 1.54) is 0 Å². The molecule has 0 saturated heterocycles. The lowest BCUT2D eigenvalue weighted by molar-refractivity contribution is -0.137. The zero-order valence-corrected chi connectivity index (χ0v) is 12.1. The summed E-state index contributed by atoms with van der Waals surface area (Å²) >= 11 is 0. The van der Waals surface area contributed by atoms with Gasteiger partial charge in [0.15, 0.2) is 0 Å². The van der Waals surface area contributed by atoms with Gasteiger partial charge in [0.05, 0.1) is 0 Å². The molecule has 5 heteroatoms. The number of hydrogen-bond donors (Lipinski definition) is 2. The fourth-order valence-electron chi connectivity index (χ4n) is 2.22. The quantitative estimate of drug-likeness (QED) is 0.722. The van der Waals surface area contributed by atoms with Crippen molar-refractivity contribution in [3.05, 3.63) is 12.4 Å². The van der Waals surface area contributed by atoms with E-state index in [0.29, 0.717) is 11.8 Å². The number of nitrogens with zero attached hydrogens (tertiary/aromatic N) is 2. The van der Waals surface area contributed by atoms with Crippen LogP contribution in [0.15, 0.2) is 12.4 Å². The van der Waals surface area contributed by atoms with Crippen molar-refractivity contribution in [2.75, 3.05) is 11.9 Å². The minimum atomic E-state index is -0.708. The predicted octanol–water partition coefficient (Wildman–Crippen LogP) is 2.84. The van der Waals surface area contributed by atoms with Gasteiger partial charge in [-0.2, -0.15) is 0 Å². The van der Waals surface area contributed by atoms with Crippen LogP contribution in [-0.2, 0) is 11.3 Å². The molecule has 0 fully saturated rings. The molecule has 1 unspecified atom stereocenters. The summed E-state index contributed by atoms with van der Waals surface area (Å²) in [5.74, 6) is 1.13. The number of carboxylic acid groups (broad SMARTS) is 1. The summed E-state index contributed by atoms with van der Waals surface area (Å²) in [6, 6.07) is 0. The van der Waals surface area contributed by atoms with E-state index in [2.05, 4.69) is 35.6 Å². The van der Waals surface area contributed by atoms with Crippen LogP contribution < -0.4 is 5.32 Å². The van der Waals surface area contributed by atoms with Gasteiger partial charge < -0.3 is 15.0 Å². The fraction of sp³-hybridized carbons (Fsp3) is 0.714. The van der Waals surface area contributed by atoms with E-state index in [1.807, 2.05) is 6.20 Å². The van der Waals surface area contributed by atoms with Crippen molar-refractivity contribution in [1.82, 2.24) is 9.55 Å². The molecule has 1 rings (SSSR count). The normalized spacial score (nSPS) is 12.6. The third-order valence-corrected chi connectivity index (χ3v) is 3.53. The summed E-state index contributed by atoms with van der Waals surface area (Å²) in [4.78, 5) is 14.9. The average Bonchev–Trinajstić information content (AvgIpc) is 2.80. The molecule has 0 amide bonds. The van der Waals surface area contributed by atoms with Gasteiger partial charge in [-0.15, -0.1) is 0 Å². The Kier molecular flexibility index (Phi) is 6.39. The molecule has 2 N–H and O–H groups in total. The highest BCUT2D eigenvalue weighted by Gasteiger charge is 2.15. The molecule has 0 aromatic carbocycles. The first-order chi connectivity index (χ1) is 9.04. The van der Waals surface area contributed by atoms with Crippen LogP contribution in [0.5, 0.6) is 0 Å². The Morgan fingerprint density at radius 3 is 2.79 bits per heavy atom. The first-order valence-electron chi connectivity index (χ1n) is 7.01. The smallest absolute Gasteiger partial charge is 0.303 e. The number of anilines is 1. The Balaban J connectivity index is 2.37. The SMILES string of the molecule is CCn1ccnc1NCCC(CCC(=O)O)C(C)C. The average molecular weight is 267 g/mol. The summed E-state index contributed by atoms with van der Waals surface area (Å²) < 4.78 is 2.06. The van der Waals surface area contributed by atoms with Gasteiger partial charge >= 0.3 is 5.97 Å². The van der Waals surface area contributed by atoms with Crippen molar-refractivity contribution in [2.45, 2.75) is 46.6 Å². The van der Waals surface area contributed by atoms with Gasteiger partial charge in [0, 0.05) is 31.9 Å². The molecule has 0 bridgehead atoms. The zero-order valence-electron chi connectivity index (χ0n) is 12.1. The predicted molar refractivity (Wildman–Crippen MR) is 76.2 cm³/mol. The van der Waals surface area contributed by atoms with Gasteiger partial charge in [-0.05, 0) is 31.6 Å². The van der Waals surface area contributed by atoms with Crippen LogP contribution in [0.2, 0.25) is 0 Å². The third-order valence-electron chi connectivity index (χ3n) is 3.53. The first kappa shape index (κ1) is 15.5. The molecule has 0 saturated carbocycles.